The van der Waals surface area contributed by atoms with Crippen LogP contribution in [0.5, 0.6) is 5.75 Å². The van der Waals surface area contributed by atoms with Crippen molar-refractivity contribution in [3.63, 3.8) is 0 Å². The number of urea groups is 1. The summed E-state index contributed by atoms with van der Waals surface area (Å²) in [6.07, 6.45) is -5.74. The zero-order chi connectivity index (χ0) is 19.6. The van der Waals surface area contributed by atoms with E-state index in [9.17, 15) is 28.2 Å². The van der Waals surface area contributed by atoms with Crippen molar-refractivity contribution in [1.29, 1.82) is 0 Å². The van der Waals surface area contributed by atoms with Crippen LogP contribution in [0.25, 0.3) is 0 Å². The molecule has 2 amide bonds. The molecule has 0 bridgehead atoms. The number of benzene rings is 2. The second-order valence-electron chi connectivity index (χ2n) is 5.33. The summed E-state index contributed by atoms with van der Waals surface area (Å²) in [6.45, 7) is 1.37. The Morgan fingerprint density at radius 1 is 1.31 bits per heavy atom. The highest BCUT2D eigenvalue weighted by Crippen LogP contribution is 2.38. The first kappa shape index (κ1) is 20.2. The molecule has 0 spiro atoms. The number of phenols is 1. The molecule has 0 saturated heterocycles. The Kier molecular flexibility index (Phi) is 5.94. The first-order valence-corrected chi connectivity index (χ1v) is 7.97. The number of nitrogens with one attached hydrogen (secondary N) is 1. The Labute approximate surface area is 157 Å². The number of aromatic hydroxyl groups is 1. The lowest BCUT2D eigenvalue weighted by Crippen LogP contribution is -2.28. The van der Waals surface area contributed by atoms with Crippen molar-refractivity contribution in [2.75, 3.05) is 9.62 Å². The van der Waals surface area contributed by atoms with Crippen LogP contribution in [0.3, 0.4) is 0 Å². The van der Waals surface area contributed by atoms with Gasteiger partial charge in [-0.1, -0.05) is 36.5 Å². The van der Waals surface area contributed by atoms with Crippen LogP contribution in [0, 0.1) is 0 Å². The van der Waals surface area contributed by atoms with E-state index in [0.717, 1.165) is 12.1 Å². The summed E-state index contributed by atoms with van der Waals surface area (Å²) in [5.41, 5.74) is -1.36. The second kappa shape index (κ2) is 7.65. The number of thiol groups is 1. The molecular weight excluding hydrogens is 393 g/mol. The topological polar surface area (TPSA) is 72.8 Å². The van der Waals surface area contributed by atoms with Gasteiger partial charge in [-0.25, -0.2) is 9.10 Å². The molecule has 140 valence electrons. The molecular formula is C16H14ClF3N2O3S. The van der Waals surface area contributed by atoms with Gasteiger partial charge in [-0.15, -0.1) is 0 Å². The van der Waals surface area contributed by atoms with Gasteiger partial charge in [0.05, 0.1) is 28.1 Å². The number of phenolic OH excluding ortho intramolecular Hbond substituents is 1. The molecule has 5 nitrogen and oxygen atoms in total. The molecule has 2 aromatic rings. The van der Waals surface area contributed by atoms with E-state index in [0.29, 0.717) is 4.31 Å². The summed E-state index contributed by atoms with van der Waals surface area (Å²) < 4.78 is 39.7. The van der Waals surface area contributed by atoms with Crippen molar-refractivity contribution in [1.82, 2.24) is 0 Å². The molecule has 26 heavy (non-hydrogen) atoms. The van der Waals surface area contributed by atoms with E-state index in [4.69, 9.17) is 11.6 Å². The van der Waals surface area contributed by atoms with Gasteiger partial charge in [0.1, 0.15) is 5.75 Å². The maximum absolute atomic E-state index is 13.0. The summed E-state index contributed by atoms with van der Waals surface area (Å²) in [5, 5.41) is 21.4. The fourth-order valence-corrected chi connectivity index (χ4v) is 2.56. The van der Waals surface area contributed by atoms with Crippen molar-refractivity contribution in [3.05, 3.63) is 52.5 Å². The largest absolute Gasteiger partial charge is 0.506 e. The maximum atomic E-state index is 13.0. The van der Waals surface area contributed by atoms with Crippen molar-refractivity contribution >= 4 is 41.8 Å². The lowest BCUT2D eigenvalue weighted by molar-refractivity contribution is -0.136. The molecule has 1 unspecified atom stereocenters. The summed E-state index contributed by atoms with van der Waals surface area (Å²) >= 11 is 9.82. The van der Waals surface area contributed by atoms with Crippen LogP contribution < -0.4 is 9.62 Å². The van der Waals surface area contributed by atoms with Gasteiger partial charge in [0.2, 0.25) is 0 Å². The van der Waals surface area contributed by atoms with Gasteiger partial charge in [0.25, 0.3) is 0 Å². The predicted octanol–water partition coefficient (Wildman–Crippen LogP) is 5.00. The van der Waals surface area contributed by atoms with Crippen LogP contribution in [0.4, 0.5) is 29.3 Å². The van der Waals surface area contributed by atoms with Gasteiger partial charge < -0.3 is 15.5 Å². The number of aliphatic hydroxyl groups excluding tert-OH is 1. The summed E-state index contributed by atoms with van der Waals surface area (Å²) in [7, 11) is 0. The van der Waals surface area contributed by atoms with Crippen molar-refractivity contribution in [2.45, 2.75) is 19.2 Å². The molecule has 0 saturated carbocycles. The number of nitrogens with zero attached hydrogens (tertiary/aromatic N) is 1. The third-order valence-corrected chi connectivity index (χ3v) is 4.14. The summed E-state index contributed by atoms with van der Waals surface area (Å²) in [5.74, 6) is -0.366. The molecule has 0 radical (unpaired) electrons. The monoisotopic (exact) mass is 406 g/mol. The highest BCUT2D eigenvalue weighted by atomic mass is 35.5. The number of alkyl halides is 3. The van der Waals surface area contributed by atoms with Gasteiger partial charge >= 0.3 is 12.2 Å². The Bertz CT molecular complexity index is 831. The number of rotatable bonds is 3. The Hall–Kier alpha value is -2.10. The van der Waals surface area contributed by atoms with E-state index in [-0.39, 0.29) is 22.0 Å². The van der Waals surface area contributed by atoms with E-state index in [2.05, 4.69) is 18.1 Å². The Morgan fingerprint density at radius 2 is 1.92 bits per heavy atom. The van der Waals surface area contributed by atoms with Crippen LogP contribution in [0.15, 0.2) is 36.4 Å². The molecule has 0 aliphatic heterocycles. The molecule has 2 rings (SSSR count). The summed E-state index contributed by atoms with van der Waals surface area (Å²) in [4.78, 5) is 12.3. The zero-order valence-corrected chi connectivity index (χ0v) is 14.9. The minimum Gasteiger partial charge on any atom is -0.506 e. The average molecular weight is 407 g/mol. The zero-order valence-electron chi connectivity index (χ0n) is 13.3. The van der Waals surface area contributed by atoms with E-state index in [1.807, 2.05) is 0 Å². The van der Waals surface area contributed by atoms with Gasteiger partial charge in [-0.05, 0) is 31.2 Å². The number of hydrogen-bond donors (Lipinski definition) is 4. The van der Waals surface area contributed by atoms with E-state index in [1.54, 1.807) is 0 Å². The van der Waals surface area contributed by atoms with Crippen molar-refractivity contribution in [3.8, 4) is 5.75 Å². The molecule has 1 atom stereocenters. The van der Waals surface area contributed by atoms with Crippen molar-refractivity contribution < 1.29 is 28.2 Å². The minimum absolute atomic E-state index is 0.0371. The third-order valence-electron chi connectivity index (χ3n) is 3.44. The number of carbonyl (C=O) groups excluding carboxylic acids is 1. The van der Waals surface area contributed by atoms with Crippen LogP contribution in [-0.4, -0.2) is 16.2 Å². The molecule has 3 N–H and O–H groups in total. The number of amides is 2. The lowest BCUT2D eigenvalue weighted by Gasteiger charge is -2.20. The van der Waals surface area contributed by atoms with Gasteiger partial charge in [-0.2, -0.15) is 13.2 Å². The number of hydrogen-bond acceptors (Lipinski definition) is 4. The second-order valence-corrected chi connectivity index (χ2v) is 6.13. The third kappa shape index (κ3) is 4.35. The minimum atomic E-state index is -4.65. The normalized spacial score (nSPS) is 12.6. The molecule has 0 aliphatic carbocycles. The van der Waals surface area contributed by atoms with Gasteiger partial charge in [-0.3, -0.25) is 0 Å². The number of aliphatic hydroxyl groups is 1. The molecule has 10 heteroatoms. The SMILES string of the molecule is CC(O)c1cc(N(S)C(=O)Nc2ccccc2C(F)(F)F)cc(Cl)c1O. The maximum Gasteiger partial charge on any atom is 0.418 e. The standard InChI is InChI=1S/C16H14ClF3N2O3S/c1-8(23)10-6-9(7-12(17)14(10)24)22(26)15(25)21-13-5-3-2-4-11(13)16(18,19)20/h2-8,23-24,26H,1H3,(H,21,25). The number of para-hydroxylation sites is 1. The van der Waals surface area contributed by atoms with Crippen LogP contribution >= 0.6 is 24.4 Å². The van der Waals surface area contributed by atoms with Gasteiger partial charge in [0, 0.05) is 5.56 Å². The fourth-order valence-electron chi connectivity index (χ4n) is 2.17. The first-order valence-electron chi connectivity index (χ1n) is 7.19. The quantitative estimate of drug-likeness (QED) is 0.542. The number of halogens is 4. The smallest absolute Gasteiger partial charge is 0.418 e. The highest BCUT2D eigenvalue weighted by molar-refractivity contribution is 7.82. The van der Waals surface area contributed by atoms with Crippen LogP contribution in [0.2, 0.25) is 5.02 Å². The lowest BCUT2D eigenvalue weighted by atomic mass is 10.1. The molecule has 0 aliphatic rings. The van der Waals surface area contributed by atoms with Crippen LogP contribution in [-0.2, 0) is 6.18 Å². The van der Waals surface area contributed by atoms with E-state index < -0.39 is 29.6 Å². The Balaban J connectivity index is 2.32. The van der Waals surface area contributed by atoms with E-state index in [1.165, 1.54) is 31.2 Å². The fraction of sp³-hybridized carbons (Fsp3) is 0.188. The average Bonchev–Trinajstić information content (AvgIpc) is 2.55. The van der Waals surface area contributed by atoms with E-state index >= 15 is 0 Å². The van der Waals surface area contributed by atoms with Crippen LogP contribution in [0.1, 0.15) is 24.2 Å². The molecule has 0 aromatic heterocycles. The predicted molar refractivity (Wildman–Crippen MR) is 95.7 cm³/mol. The van der Waals surface area contributed by atoms with Crippen molar-refractivity contribution in [2.24, 2.45) is 0 Å². The number of anilines is 2. The molecule has 0 heterocycles. The number of carbonyl (C=O) groups is 1. The Morgan fingerprint density at radius 3 is 2.50 bits per heavy atom. The molecule has 2 aromatic carbocycles. The molecule has 0 fully saturated rings. The highest BCUT2D eigenvalue weighted by Gasteiger charge is 2.34. The van der Waals surface area contributed by atoms with Gasteiger partial charge in [0.15, 0.2) is 0 Å². The summed E-state index contributed by atoms with van der Waals surface area (Å²) in [6, 6.07) is 5.93. The first-order chi connectivity index (χ1) is 12.0.